The molecule has 0 fully saturated rings. The molecule has 312 valence electrons. The molecule has 0 aliphatic rings. The van der Waals surface area contributed by atoms with Gasteiger partial charge in [-0.2, -0.15) is 0 Å². The molecule has 61 heavy (non-hydrogen) atoms. The minimum Gasteiger partial charge on any atom is -0.0990 e. The van der Waals surface area contributed by atoms with E-state index < -0.39 is 0 Å². The normalized spacial score (nSPS) is 13.1. The Balaban J connectivity index is 0.000000653. The van der Waals surface area contributed by atoms with Gasteiger partial charge in [0.05, 0.1) is 0 Å². The van der Waals surface area contributed by atoms with Gasteiger partial charge in [-0.1, -0.05) is 225 Å². The highest BCUT2D eigenvalue weighted by molar-refractivity contribution is 5.85. The Morgan fingerprint density at radius 3 is 1.74 bits per heavy atom. The fourth-order valence-electron chi connectivity index (χ4n) is 7.80. The summed E-state index contributed by atoms with van der Waals surface area (Å²) in [6, 6.07) is 52.8. The predicted octanol–water partition coefficient (Wildman–Crippen LogP) is 14.3. The molecule has 0 bridgehead atoms. The highest BCUT2D eigenvalue weighted by Crippen LogP contribution is 2.34. The number of aryl methyl sites for hydroxylation is 1. The number of benzene rings is 6. The lowest BCUT2D eigenvalue weighted by Crippen LogP contribution is -2.29. The minimum atomic E-state index is 0.347. The van der Waals surface area contributed by atoms with Crippen LogP contribution >= 0.6 is 0 Å². The summed E-state index contributed by atoms with van der Waals surface area (Å²) < 4.78 is 0. The highest BCUT2D eigenvalue weighted by Gasteiger charge is 2.16. The van der Waals surface area contributed by atoms with E-state index in [1.165, 1.54) is 82.1 Å². The van der Waals surface area contributed by atoms with Crippen LogP contribution in [0.25, 0.3) is 45.6 Å². The van der Waals surface area contributed by atoms with Gasteiger partial charge >= 0.3 is 0 Å². The molecule has 0 aliphatic carbocycles. The fraction of sp³-hybridized carbons (Fsp3) is 0.213. The third-order valence-corrected chi connectivity index (χ3v) is 11.0. The van der Waals surface area contributed by atoms with Crippen molar-refractivity contribution in [2.75, 3.05) is 0 Å². The third kappa shape index (κ3) is 12.6. The molecular formula is C61H68. The standard InChI is InChI=1S/C50H52.C9H10.C2H6/c1-8-20-38-24-13-16-29-46(38)37(7)43-33-44(35-45(34-43)50(36(6)12-5)49-31-18-15-26-40(49)22-10-3)41-27-19-28-42(32-41)47(23-11-4)48-30-17-14-25-39(48)21-9-2;1-8(2)9-6-4-3-5-7-9;1-2/h8,10,13-20,22-36H,1,3,9,11-12,21H2,2,4-7H3;3-7H,1H2,2H3;1-2H3/b38-20-,40-22-,46-37+,47-23+,50-49+;;. The molecule has 0 heteroatoms. The lowest BCUT2D eigenvalue weighted by atomic mass is 9.85. The molecule has 1 unspecified atom stereocenters. The maximum absolute atomic E-state index is 4.03. The largest absolute Gasteiger partial charge is 0.0990 e. The summed E-state index contributed by atoms with van der Waals surface area (Å²) in [7, 11) is 0. The highest BCUT2D eigenvalue weighted by atomic mass is 14.2. The second-order valence-electron chi connectivity index (χ2n) is 15.3. The summed E-state index contributed by atoms with van der Waals surface area (Å²) in [5, 5.41) is 4.84. The van der Waals surface area contributed by atoms with Gasteiger partial charge in [0.15, 0.2) is 0 Å². The SMILES string of the molecule is C=C(C)c1ccccc1.C=C/C=c1/cccc/c1=C(/C)c1cc(/C(=c2\cccc\c2=C\C=C)C(C)CC)cc(-c2cccc(/C(=C\CC)c3ccccc3CCC)c2)c1.CC. The molecule has 0 aromatic heterocycles. The van der Waals surface area contributed by atoms with Crippen LogP contribution in [0, 0.1) is 5.92 Å². The quantitative estimate of drug-likeness (QED) is 0.109. The fourth-order valence-corrected chi connectivity index (χ4v) is 7.80. The van der Waals surface area contributed by atoms with Crippen molar-refractivity contribution in [1.29, 1.82) is 0 Å². The molecule has 0 N–H and O–H groups in total. The molecule has 6 rings (SSSR count). The van der Waals surface area contributed by atoms with Crippen molar-refractivity contribution < 1.29 is 0 Å². The van der Waals surface area contributed by atoms with Crippen molar-refractivity contribution >= 4 is 34.4 Å². The Kier molecular flexibility index (Phi) is 19.2. The van der Waals surface area contributed by atoms with E-state index in [0.717, 1.165) is 31.3 Å². The molecule has 0 aliphatic heterocycles. The molecule has 0 heterocycles. The molecular weight excluding hydrogens is 733 g/mol. The summed E-state index contributed by atoms with van der Waals surface area (Å²) in [5.74, 6) is 0.347. The van der Waals surface area contributed by atoms with Gasteiger partial charge in [-0.05, 0) is 145 Å². The average Bonchev–Trinajstić information content (AvgIpc) is 3.30. The maximum atomic E-state index is 4.03. The second kappa shape index (κ2) is 24.7. The van der Waals surface area contributed by atoms with Gasteiger partial charge in [-0.3, -0.25) is 0 Å². The van der Waals surface area contributed by atoms with Crippen molar-refractivity contribution in [3.63, 3.8) is 0 Å². The molecule has 0 saturated carbocycles. The van der Waals surface area contributed by atoms with Crippen LogP contribution < -0.4 is 20.9 Å². The Bertz CT molecular complexity index is 2660. The number of allylic oxidation sites excluding steroid dienone is 4. The van der Waals surface area contributed by atoms with Crippen molar-refractivity contribution in [1.82, 2.24) is 0 Å². The van der Waals surface area contributed by atoms with Gasteiger partial charge in [-0.25, -0.2) is 0 Å². The Hall–Kier alpha value is -6.24. The summed E-state index contributed by atoms with van der Waals surface area (Å²) in [4.78, 5) is 0. The van der Waals surface area contributed by atoms with Crippen molar-refractivity contribution in [2.45, 2.75) is 81.1 Å². The molecule has 0 nitrogen and oxygen atoms in total. The van der Waals surface area contributed by atoms with Crippen molar-refractivity contribution in [3.05, 3.63) is 238 Å². The zero-order chi connectivity index (χ0) is 44.1. The first kappa shape index (κ1) is 47.4. The van der Waals surface area contributed by atoms with Crippen LogP contribution in [0.1, 0.15) is 108 Å². The van der Waals surface area contributed by atoms with E-state index in [4.69, 9.17) is 0 Å². The summed E-state index contributed by atoms with van der Waals surface area (Å²) >= 11 is 0. The van der Waals surface area contributed by atoms with Gasteiger partial charge in [0, 0.05) is 0 Å². The van der Waals surface area contributed by atoms with Gasteiger partial charge in [-0.15, -0.1) is 0 Å². The van der Waals surface area contributed by atoms with Crippen LogP contribution in [0.15, 0.2) is 184 Å². The van der Waals surface area contributed by atoms with Gasteiger partial charge in [0.1, 0.15) is 0 Å². The van der Waals surface area contributed by atoms with E-state index in [1.807, 2.05) is 51.1 Å². The lowest BCUT2D eigenvalue weighted by Gasteiger charge is -2.19. The van der Waals surface area contributed by atoms with Crippen LogP contribution in [0.3, 0.4) is 0 Å². The van der Waals surface area contributed by atoms with E-state index >= 15 is 0 Å². The zero-order valence-electron chi connectivity index (χ0n) is 38.3. The lowest BCUT2D eigenvalue weighted by molar-refractivity contribution is 0.714. The average molecular weight is 801 g/mol. The second-order valence-corrected chi connectivity index (χ2v) is 15.3. The monoisotopic (exact) mass is 801 g/mol. The Morgan fingerprint density at radius 1 is 0.574 bits per heavy atom. The molecule has 0 amide bonds. The summed E-state index contributed by atoms with van der Waals surface area (Å²) in [6.45, 7) is 29.3. The molecule has 0 radical (unpaired) electrons. The van der Waals surface area contributed by atoms with E-state index in [0.29, 0.717) is 5.92 Å². The Labute approximate surface area is 368 Å². The number of hydrogen-bond acceptors (Lipinski definition) is 0. The van der Waals surface area contributed by atoms with E-state index in [-0.39, 0.29) is 0 Å². The molecule has 6 aromatic rings. The minimum absolute atomic E-state index is 0.347. The smallest absolute Gasteiger partial charge is 0.0143 e. The zero-order valence-corrected chi connectivity index (χ0v) is 38.3. The first-order valence-electron chi connectivity index (χ1n) is 22.3. The summed E-state index contributed by atoms with van der Waals surface area (Å²) in [5.41, 5.74) is 15.2. The molecule has 6 aromatic carbocycles. The van der Waals surface area contributed by atoms with Crippen LogP contribution in [0.4, 0.5) is 0 Å². The van der Waals surface area contributed by atoms with Crippen molar-refractivity contribution in [3.8, 4) is 11.1 Å². The van der Waals surface area contributed by atoms with Crippen LogP contribution in [0.5, 0.6) is 0 Å². The van der Waals surface area contributed by atoms with Crippen LogP contribution in [0.2, 0.25) is 0 Å². The number of rotatable bonds is 13. The van der Waals surface area contributed by atoms with Gasteiger partial charge < -0.3 is 0 Å². The molecule has 0 saturated heterocycles. The van der Waals surface area contributed by atoms with Crippen molar-refractivity contribution in [2.24, 2.45) is 5.92 Å². The van der Waals surface area contributed by atoms with Gasteiger partial charge in [0.2, 0.25) is 0 Å². The first-order valence-corrected chi connectivity index (χ1v) is 22.3. The third-order valence-electron chi connectivity index (χ3n) is 11.0. The maximum Gasteiger partial charge on any atom is -0.0143 e. The van der Waals surface area contributed by atoms with Gasteiger partial charge in [0.25, 0.3) is 0 Å². The topological polar surface area (TPSA) is 0 Å². The Morgan fingerprint density at radius 2 is 1.13 bits per heavy atom. The molecule has 1 atom stereocenters. The predicted molar refractivity (Wildman–Crippen MR) is 273 cm³/mol. The van der Waals surface area contributed by atoms with E-state index in [2.05, 4.69) is 200 Å². The van der Waals surface area contributed by atoms with Crippen LogP contribution in [-0.4, -0.2) is 0 Å². The first-order chi connectivity index (χ1) is 29.7. The van der Waals surface area contributed by atoms with Crippen LogP contribution in [-0.2, 0) is 6.42 Å². The summed E-state index contributed by atoms with van der Waals surface area (Å²) in [6.07, 6.45) is 14.6. The number of hydrogen-bond donors (Lipinski definition) is 0. The van der Waals surface area contributed by atoms with E-state index in [1.54, 1.807) is 0 Å². The molecule has 0 spiro atoms. The van der Waals surface area contributed by atoms with E-state index in [9.17, 15) is 0 Å².